The van der Waals surface area contributed by atoms with Crippen molar-refractivity contribution in [2.24, 2.45) is 11.8 Å². The molecule has 1 saturated carbocycles. The van der Waals surface area contributed by atoms with Crippen LogP contribution in [0.1, 0.15) is 37.2 Å². The molecule has 1 aromatic carbocycles. The molecule has 2 amide bonds. The molecule has 2 aliphatic heterocycles. The lowest BCUT2D eigenvalue weighted by Crippen LogP contribution is -2.62. The maximum absolute atomic E-state index is 14.0. The Labute approximate surface area is 199 Å². The van der Waals surface area contributed by atoms with Gasteiger partial charge in [0.05, 0.1) is 6.10 Å². The third-order valence-corrected chi connectivity index (χ3v) is 8.11. The Balaban J connectivity index is 1.50. The standard InChI is InChI=1S/C24H32ClN3O5/c1-27(23(31)32)24(14-26-13-20(24)15-3-5-18(25)6-4-15)21(29)16-7-9-28(10-8-16)22(30)17-11-19(12-17)33-2/h3-6,16-17,19-20,26H,7-14H2,1-2H3,(H,31,32)/t17?,19?,20-,24+/m0/s1. The van der Waals surface area contributed by atoms with Gasteiger partial charge in [0.1, 0.15) is 5.54 Å². The van der Waals surface area contributed by atoms with E-state index in [0.29, 0.717) is 37.5 Å². The molecule has 180 valence electrons. The molecule has 0 unspecified atom stereocenters. The van der Waals surface area contributed by atoms with Gasteiger partial charge in [-0.2, -0.15) is 0 Å². The minimum atomic E-state index is -1.20. The van der Waals surface area contributed by atoms with Crippen LogP contribution in [0, 0.1) is 11.8 Å². The van der Waals surface area contributed by atoms with Crippen LogP contribution in [0.5, 0.6) is 0 Å². The summed E-state index contributed by atoms with van der Waals surface area (Å²) in [5, 5.41) is 13.7. The van der Waals surface area contributed by atoms with Crippen LogP contribution in [-0.4, -0.2) is 84.7 Å². The summed E-state index contributed by atoms with van der Waals surface area (Å²) in [7, 11) is 3.15. The Kier molecular flexibility index (Phi) is 6.98. The smallest absolute Gasteiger partial charge is 0.407 e. The third kappa shape index (κ3) is 4.36. The maximum Gasteiger partial charge on any atom is 0.407 e. The number of halogens is 1. The van der Waals surface area contributed by atoms with E-state index in [0.717, 1.165) is 18.4 Å². The molecule has 0 aromatic heterocycles. The van der Waals surface area contributed by atoms with Crippen molar-refractivity contribution < 1.29 is 24.2 Å². The summed E-state index contributed by atoms with van der Waals surface area (Å²) < 4.78 is 5.28. The van der Waals surface area contributed by atoms with Crippen molar-refractivity contribution >= 4 is 29.4 Å². The van der Waals surface area contributed by atoms with Crippen LogP contribution < -0.4 is 5.32 Å². The second kappa shape index (κ2) is 9.60. The zero-order valence-electron chi connectivity index (χ0n) is 19.1. The van der Waals surface area contributed by atoms with Gasteiger partial charge in [-0.05, 0) is 43.4 Å². The summed E-state index contributed by atoms with van der Waals surface area (Å²) in [6, 6.07) is 7.27. The minimum Gasteiger partial charge on any atom is -0.465 e. The average molecular weight is 478 g/mol. The number of piperidine rings is 1. The highest BCUT2D eigenvalue weighted by Gasteiger charge is 2.56. The molecule has 0 radical (unpaired) electrons. The summed E-state index contributed by atoms with van der Waals surface area (Å²) in [5.41, 5.74) is -0.313. The molecule has 0 bridgehead atoms. The highest BCUT2D eigenvalue weighted by atomic mass is 35.5. The van der Waals surface area contributed by atoms with E-state index >= 15 is 0 Å². The Morgan fingerprint density at radius 3 is 2.36 bits per heavy atom. The lowest BCUT2D eigenvalue weighted by Gasteiger charge is -2.44. The van der Waals surface area contributed by atoms with Gasteiger partial charge in [-0.1, -0.05) is 23.7 Å². The van der Waals surface area contributed by atoms with Crippen LogP contribution in [0.3, 0.4) is 0 Å². The normalized spacial score (nSPS) is 30.0. The molecule has 2 N–H and O–H groups in total. The highest BCUT2D eigenvalue weighted by Crippen LogP contribution is 2.41. The average Bonchev–Trinajstić information content (AvgIpc) is 3.23. The molecule has 2 saturated heterocycles. The minimum absolute atomic E-state index is 0.0139. The second-order valence-corrected chi connectivity index (χ2v) is 9.93. The van der Waals surface area contributed by atoms with Crippen molar-refractivity contribution in [3.8, 4) is 0 Å². The maximum atomic E-state index is 14.0. The van der Waals surface area contributed by atoms with Crippen LogP contribution in [0.15, 0.2) is 24.3 Å². The van der Waals surface area contributed by atoms with Crippen molar-refractivity contribution in [3.63, 3.8) is 0 Å². The first kappa shape index (κ1) is 24.0. The Morgan fingerprint density at radius 2 is 1.79 bits per heavy atom. The van der Waals surface area contributed by atoms with Gasteiger partial charge in [0.2, 0.25) is 5.91 Å². The molecular weight excluding hydrogens is 446 g/mol. The Morgan fingerprint density at radius 1 is 1.15 bits per heavy atom. The van der Waals surface area contributed by atoms with E-state index in [4.69, 9.17) is 16.3 Å². The molecule has 9 heteroatoms. The molecule has 33 heavy (non-hydrogen) atoms. The highest BCUT2D eigenvalue weighted by molar-refractivity contribution is 6.30. The van der Waals surface area contributed by atoms with Gasteiger partial charge >= 0.3 is 6.09 Å². The number of ketones is 1. The first-order chi connectivity index (χ1) is 15.8. The molecule has 2 heterocycles. The van der Waals surface area contributed by atoms with Gasteiger partial charge in [-0.15, -0.1) is 0 Å². The predicted molar refractivity (Wildman–Crippen MR) is 123 cm³/mol. The zero-order chi connectivity index (χ0) is 23.8. The van der Waals surface area contributed by atoms with Crippen LogP contribution >= 0.6 is 11.6 Å². The van der Waals surface area contributed by atoms with Crippen LogP contribution in [0.4, 0.5) is 4.79 Å². The largest absolute Gasteiger partial charge is 0.465 e. The van der Waals surface area contributed by atoms with Crippen molar-refractivity contribution in [1.82, 2.24) is 15.1 Å². The van der Waals surface area contributed by atoms with Crippen molar-refractivity contribution in [3.05, 3.63) is 34.9 Å². The molecule has 3 fully saturated rings. The lowest BCUT2D eigenvalue weighted by atomic mass is 9.72. The number of hydrogen-bond donors (Lipinski definition) is 2. The number of carbonyl (C=O) groups is 3. The molecular formula is C24H32ClN3O5. The van der Waals surface area contributed by atoms with E-state index in [1.165, 1.54) is 11.9 Å². The number of ether oxygens (including phenoxy) is 1. The molecule has 1 aromatic rings. The molecule has 0 spiro atoms. The fourth-order valence-electron chi connectivity index (χ4n) is 5.67. The number of likely N-dealkylation sites (tertiary alicyclic amines) is 1. The summed E-state index contributed by atoms with van der Waals surface area (Å²) in [6.45, 7) is 1.82. The number of nitrogens with one attached hydrogen (secondary N) is 1. The SMILES string of the molecule is COC1CC(C(=O)N2CCC(C(=O)[C@@]3(N(C)C(=O)O)CNC[C@H]3c3ccc(Cl)cc3)CC2)C1. The van der Waals surface area contributed by atoms with Gasteiger partial charge in [0, 0.05) is 63.1 Å². The topological polar surface area (TPSA) is 99.2 Å². The molecule has 1 aliphatic carbocycles. The van der Waals surface area contributed by atoms with Gasteiger partial charge in [-0.3, -0.25) is 14.5 Å². The van der Waals surface area contributed by atoms with Crippen LogP contribution in [0.25, 0.3) is 0 Å². The molecule has 3 aliphatic rings. The summed E-state index contributed by atoms with van der Waals surface area (Å²) in [6.07, 6.45) is 1.66. The second-order valence-electron chi connectivity index (χ2n) is 9.49. The van der Waals surface area contributed by atoms with E-state index in [9.17, 15) is 19.5 Å². The monoisotopic (exact) mass is 477 g/mol. The molecule has 8 nitrogen and oxygen atoms in total. The van der Waals surface area contributed by atoms with Gasteiger partial charge < -0.3 is 20.1 Å². The quantitative estimate of drug-likeness (QED) is 0.653. The fraction of sp³-hybridized carbons (Fsp3) is 0.625. The number of Topliss-reactive ketones (excluding diaryl/α,β-unsaturated/α-hetero) is 1. The number of benzene rings is 1. The van der Waals surface area contributed by atoms with Gasteiger partial charge in [0.15, 0.2) is 5.78 Å². The third-order valence-electron chi connectivity index (χ3n) is 7.86. The number of carboxylic acid groups (broad SMARTS) is 1. The summed E-state index contributed by atoms with van der Waals surface area (Å²) in [5.74, 6) is -0.511. The Hall–Kier alpha value is -2.16. The van der Waals surface area contributed by atoms with E-state index in [2.05, 4.69) is 5.32 Å². The van der Waals surface area contributed by atoms with E-state index in [-0.39, 0.29) is 42.1 Å². The molecule has 4 rings (SSSR count). The summed E-state index contributed by atoms with van der Waals surface area (Å²) >= 11 is 6.05. The molecule has 2 atom stereocenters. The first-order valence-corrected chi connectivity index (χ1v) is 11.9. The lowest BCUT2D eigenvalue weighted by molar-refractivity contribution is -0.147. The van der Waals surface area contributed by atoms with Crippen LogP contribution in [0.2, 0.25) is 5.02 Å². The number of hydrogen-bond acceptors (Lipinski definition) is 5. The van der Waals surface area contributed by atoms with E-state index < -0.39 is 11.6 Å². The van der Waals surface area contributed by atoms with Crippen LogP contribution in [-0.2, 0) is 14.3 Å². The van der Waals surface area contributed by atoms with Gasteiger partial charge in [-0.25, -0.2) is 4.79 Å². The summed E-state index contributed by atoms with van der Waals surface area (Å²) in [4.78, 5) is 41.9. The van der Waals surface area contributed by atoms with Crippen molar-refractivity contribution in [1.29, 1.82) is 0 Å². The van der Waals surface area contributed by atoms with E-state index in [1.807, 2.05) is 17.0 Å². The number of methoxy groups -OCH3 is 1. The number of nitrogens with zero attached hydrogens (tertiary/aromatic N) is 2. The first-order valence-electron chi connectivity index (χ1n) is 11.6. The van der Waals surface area contributed by atoms with Crippen molar-refractivity contribution in [2.45, 2.75) is 43.2 Å². The Bertz CT molecular complexity index is 896. The number of amides is 2. The fourth-order valence-corrected chi connectivity index (χ4v) is 5.79. The number of rotatable bonds is 6. The van der Waals surface area contributed by atoms with Crippen molar-refractivity contribution in [2.75, 3.05) is 40.3 Å². The number of carbonyl (C=O) groups excluding carboxylic acids is 2. The van der Waals surface area contributed by atoms with Gasteiger partial charge in [0.25, 0.3) is 0 Å². The zero-order valence-corrected chi connectivity index (χ0v) is 19.9. The number of likely N-dealkylation sites (N-methyl/N-ethyl adjacent to an activating group) is 1. The van der Waals surface area contributed by atoms with E-state index in [1.54, 1.807) is 19.2 Å². The predicted octanol–water partition coefficient (Wildman–Crippen LogP) is 2.61.